The van der Waals surface area contributed by atoms with Crippen molar-refractivity contribution in [1.29, 1.82) is 0 Å². The Bertz CT molecular complexity index is 329. The van der Waals surface area contributed by atoms with Gasteiger partial charge in [-0.05, 0) is 37.0 Å². The smallest absolute Gasteiger partial charge is 0.0939 e. The van der Waals surface area contributed by atoms with Crippen LogP contribution >= 0.6 is 24.4 Å². The van der Waals surface area contributed by atoms with E-state index < -0.39 is 0 Å². The van der Waals surface area contributed by atoms with E-state index in [1.165, 1.54) is 23.6 Å². The molecule has 14 heavy (non-hydrogen) atoms. The standard InChI is InChI=1S/C10H16N2S2/c1-8-5-9(12(2)11-8)14-7-10(6-13)3-4-10/h5,13H,3-4,6-7H2,1-2H3. The zero-order valence-corrected chi connectivity index (χ0v) is 10.4. The molecule has 1 aromatic rings. The second kappa shape index (κ2) is 3.81. The number of rotatable bonds is 4. The molecule has 0 spiro atoms. The second-order valence-corrected chi connectivity index (χ2v) is 5.51. The van der Waals surface area contributed by atoms with Crippen LogP contribution in [0, 0.1) is 12.3 Å². The van der Waals surface area contributed by atoms with Crippen LogP contribution in [0.15, 0.2) is 11.1 Å². The van der Waals surface area contributed by atoms with Gasteiger partial charge in [-0.1, -0.05) is 0 Å². The lowest BCUT2D eigenvalue weighted by molar-refractivity contribution is 0.669. The molecule has 1 aliphatic rings. The number of aromatic nitrogens is 2. The van der Waals surface area contributed by atoms with Crippen LogP contribution in [0.1, 0.15) is 18.5 Å². The molecule has 2 rings (SSSR count). The van der Waals surface area contributed by atoms with Gasteiger partial charge in [0.25, 0.3) is 0 Å². The molecule has 78 valence electrons. The Morgan fingerprint density at radius 3 is 2.79 bits per heavy atom. The Labute approximate surface area is 94.9 Å². The summed E-state index contributed by atoms with van der Waals surface area (Å²) >= 11 is 6.32. The number of thiol groups is 1. The molecule has 2 nitrogen and oxygen atoms in total. The van der Waals surface area contributed by atoms with Gasteiger partial charge < -0.3 is 0 Å². The molecule has 1 saturated carbocycles. The summed E-state index contributed by atoms with van der Waals surface area (Å²) in [4.78, 5) is 0. The van der Waals surface area contributed by atoms with Gasteiger partial charge in [0.15, 0.2) is 0 Å². The van der Waals surface area contributed by atoms with Gasteiger partial charge in [-0.15, -0.1) is 11.8 Å². The molecule has 0 aromatic carbocycles. The first-order chi connectivity index (χ1) is 6.65. The van der Waals surface area contributed by atoms with Crippen molar-refractivity contribution in [3.05, 3.63) is 11.8 Å². The topological polar surface area (TPSA) is 17.8 Å². The highest BCUT2D eigenvalue weighted by Crippen LogP contribution is 2.49. The minimum absolute atomic E-state index is 0.534. The Morgan fingerprint density at radius 1 is 1.64 bits per heavy atom. The maximum absolute atomic E-state index is 4.41. The van der Waals surface area contributed by atoms with Gasteiger partial charge in [0.05, 0.1) is 10.7 Å². The Kier molecular flexibility index (Phi) is 2.84. The second-order valence-electron chi connectivity index (χ2n) is 4.19. The summed E-state index contributed by atoms with van der Waals surface area (Å²) in [5.74, 6) is 2.21. The van der Waals surface area contributed by atoms with Crippen molar-refractivity contribution in [2.75, 3.05) is 11.5 Å². The van der Waals surface area contributed by atoms with Gasteiger partial charge in [-0.25, -0.2) is 0 Å². The third-order valence-electron chi connectivity index (χ3n) is 2.78. The molecular formula is C10H16N2S2. The number of hydrogen-bond donors (Lipinski definition) is 1. The quantitative estimate of drug-likeness (QED) is 0.630. The third-order valence-corrected chi connectivity index (χ3v) is 4.88. The predicted octanol–water partition coefficient (Wildman–Crippen LogP) is 2.53. The minimum Gasteiger partial charge on any atom is -0.262 e. The summed E-state index contributed by atoms with van der Waals surface area (Å²) in [5, 5.41) is 5.61. The zero-order chi connectivity index (χ0) is 10.2. The van der Waals surface area contributed by atoms with Crippen molar-refractivity contribution in [3.63, 3.8) is 0 Å². The number of thioether (sulfide) groups is 1. The predicted molar refractivity (Wildman–Crippen MR) is 64.2 cm³/mol. The van der Waals surface area contributed by atoms with Gasteiger partial charge in [0, 0.05) is 12.8 Å². The van der Waals surface area contributed by atoms with Crippen molar-refractivity contribution >= 4 is 24.4 Å². The average molecular weight is 228 g/mol. The summed E-state index contributed by atoms with van der Waals surface area (Å²) in [6.07, 6.45) is 2.70. The molecule has 0 amide bonds. The van der Waals surface area contributed by atoms with Gasteiger partial charge in [-0.3, -0.25) is 4.68 Å². The first-order valence-electron chi connectivity index (χ1n) is 4.90. The lowest BCUT2D eigenvalue weighted by Crippen LogP contribution is -2.06. The van der Waals surface area contributed by atoms with Crippen LogP contribution in [0.5, 0.6) is 0 Å². The minimum atomic E-state index is 0.534. The zero-order valence-electron chi connectivity index (χ0n) is 8.66. The van der Waals surface area contributed by atoms with Crippen LogP contribution in [-0.4, -0.2) is 21.3 Å². The summed E-state index contributed by atoms with van der Waals surface area (Å²) in [6.45, 7) is 2.04. The van der Waals surface area contributed by atoms with Crippen molar-refractivity contribution in [3.8, 4) is 0 Å². The number of hydrogen-bond acceptors (Lipinski definition) is 3. The molecule has 0 unspecified atom stereocenters. The molecule has 1 fully saturated rings. The highest BCUT2D eigenvalue weighted by molar-refractivity contribution is 7.99. The Balaban J connectivity index is 1.95. The van der Waals surface area contributed by atoms with E-state index in [-0.39, 0.29) is 0 Å². The molecular weight excluding hydrogens is 212 g/mol. The van der Waals surface area contributed by atoms with Crippen LogP contribution in [0.25, 0.3) is 0 Å². The summed E-state index contributed by atoms with van der Waals surface area (Å²) in [7, 11) is 2.01. The van der Waals surface area contributed by atoms with E-state index in [9.17, 15) is 0 Å². The molecule has 0 atom stereocenters. The maximum atomic E-state index is 4.41. The van der Waals surface area contributed by atoms with E-state index in [0.29, 0.717) is 5.41 Å². The molecule has 0 N–H and O–H groups in total. The summed E-state index contributed by atoms with van der Waals surface area (Å²) < 4.78 is 1.97. The summed E-state index contributed by atoms with van der Waals surface area (Å²) in [5.41, 5.74) is 1.64. The lowest BCUT2D eigenvalue weighted by Gasteiger charge is -2.10. The molecule has 1 aliphatic carbocycles. The summed E-state index contributed by atoms with van der Waals surface area (Å²) in [6, 6.07) is 2.15. The fourth-order valence-electron chi connectivity index (χ4n) is 1.47. The molecule has 0 bridgehead atoms. The number of nitrogens with zero attached hydrogens (tertiary/aromatic N) is 2. The van der Waals surface area contributed by atoms with E-state index in [4.69, 9.17) is 0 Å². The van der Waals surface area contributed by atoms with Crippen LogP contribution < -0.4 is 0 Å². The van der Waals surface area contributed by atoms with E-state index in [2.05, 4.69) is 23.8 Å². The molecule has 1 aromatic heterocycles. The average Bonchev–Trinajstić information content (AvgIpc) is 2.86. The normalized spacial score (nSPS) is 18.5. The van der Waals surface area contributed by atoms with Crippen molar-refractivity contribution in [1.82, 2.24) is 9.78 Å². The van der Waals surface area contributed by atoms with Gasteiger partial charge in [-0.2, -0.15) is 17.7 Å². The lowest BCUT2D eigenvalue weighted by atomic mass is 10.2. The molecule has 0 radical (unpaired) electrons. The van der Waals surface area contributed by atoms with E-state index >= 15 is 0 Å². The van der Waals surface area contributed by atoms with E-state index in [0.717, 1.165) is 11.4 Å². The molecule has 1 heterocycles. The third kappa shape index (κ3) is 2.11. The van der Waals surface area contributed by atoms with Gasteiger partial charge >= 0.3 is 0 Å². The first kappa shape index (κ1) is 10.4. The van der Waals surface area contributed by atoms with Crippen molar-refractivity contribution in [2.24, 2.45) is 12.5 Å². The van der Waals surface area contributed by atoms with Gasteiger partial charge in [0.2, 0.25) is 0 Å². The first-order valence-corrected chi connectivity index (χ1v) is 6.51. The van der Waals surface area contributed by atoms with Crippen LogP contribution in [0.3, 0.4) is 0 Å². The Morgan fingerprint density at radius 2 is 2.36 bits per heavy atom. The van der Waals surface area contributed by atoms with E-state index in [1.807, 2.05) is 30.4 Å². The van der Waals surface area contributed by atoms with Crippen LogP contribution in [-0.2, 0) is 7.05 Å². The Hall–Kier alpha value is -0.0900. The maximum Gasteiger partial charge on any atom is 0.0939 e. The highest BCUT2D eigenvalue weighted by atomic mass is 32.2. The van der Waals surface area contributed by atoms with Crippen molar-refractivity contribution in [2.45, 2.75) is 24.8 Å². The van der Waals surface area contributed by atoms with Crippen LogP contribution in [0.4, 0.5) is 0 Å². The van der Waals surface area contributed by atoms with Gasteiger partial charge in [0.1, 0.15) is 0 Å². The largest absolute Gasteiger partial charge is 0.262 e. The fraction of sp³-hybridized carbons (Fsp3) is 0.700. The van der Waals surface area contributed by atoms with Crippen molar-refractivity contribution < 1.29 is 0 Å². The molecule has 0 saturated heterocycles. The molecule has 4 heteroatoms. The van der Waals surface area contributed by atoms with E-state index in [1.54, 1.807) is 0 Å². The fourth-order valence-corrected chi connectivity index (χ4v) is 3.38. The SMILES string of the molecule is Cc1cc(SCC2(CS)CC2)n(C)n1. The molecule has 0 aliphatic heterocycles. The number of aryl methyl sites for hydroxylation is 2. The highest BCUT2D eigenvalue weighted by Gasteiger charge is 2.41. The van der Waals surface area contributed by atoms with Crippen LogP contribution in [0.2, 0.25) is 0 Å². The monoisotopic (exact) mass is 228 g/mol.